The minimum absolute atomic E-state index is 0.0905. The van der Waals surface area contributed by atoms with E-state index in [0.717, 1.165) is 23.8 Å². The van der Waals surface area contributed by atoms with E-state index in [-0.39, 0.29) is 30.1 Å². The van der Waals surface area contributed by atoms with E-state index in [2.05, 4.69) is 10.1 Å². The van der Waals surface area contributed by atoms with Gasteiger partial charge in [-0.25, -0.2) is 0 Å². The average molecular weight is 506 g/mol. The highest BCUT2D eigenvalue weighted by Crippen LogP contribution is 2.31. The molecule has 1 atom stereocenters. The first-order valence-electron chi connectivity index (χ1n) is 12.3. The number of ether oxygens (including phenoxy) is 1. The lowest BCUT2D eigenvalue weighted by Crippen LogP contribution is -2.38. The van der Waals surface area contributed by atoms with E-state index in [1.54, 1.807) is 23.0 Å². The SMILES string of the molecule is Cc1cc2[nH]c(=O)c3cnn(C4CCOCC4)c3c2cc1C(=O)N1CC[C@@H](N(C)CCC(F)(F)F)C1. The number of aromatic amines is 1. The lowest BCUT2D eigenvalue weighted by atomic mass is 10.0. The molecule has 5 rings (SSSR count). The summed E-state index contributed by atoms with van der Waals surface area (Å²) >= 11 is 0. The van der Waals surface area contributed by atoms with E-state index in [1.165, 1.54) is 0 Å². The number of likely N-dealkylation sites (tertiary alicyclic amines) is 1. The van der Waals surface area contributed by atoms with Crippen LogP contribution in [-0.2, 0) is 4.74 Å². The number of halogens is 3. The van der Waals surface area contributed by atoms with Gasteiger partial charge in [0.1, 0.15) is 0 Å². The number of aromatic nitrogens is 3. The Balaban J connectivity index is 1.46. The molecule has 4 heterocycles. The number of fused-ring (bicyclic) bond motifs is 3. The zero-order valence-corrected chi connectivity index (χ0v) is 20.4. The maximum atomic E-state index is 13.5. The summed E-state index contributed by atoms with van der Waals surface area (Å²) in [6.45, 7) is 3.86. The fraction of sp³-hybridized carbons (Fsp3) is 0.560. The second-order valence-electron chi connectivity index (χ2n) is 9.90. The van der Waals surface area contributed by atoms with Gasteiger partial charge in [-0.3, -0.25) is 14.3 Å². The van der Waals surface area contributed by atoms with Gasteiger partial charge in [-0.1, -0.05) is 0 Å². The number of rotatable bonds is 5. The first-order valence-corrected chi connectivity index (χ1v) is 12.3. The van der Waals surface area contributed by atoms with E-state index in [9.17, 15) is 22.8 Å². The Hall–Kier alpha value is -2.92. The quantitative estimate of drug-likeness (QED) is 0.573. The van der Waals surface area contributed by atoms with Gasteiger partial charge in [0.25, 0.3) is 11.5 Å². The number of likely N-dealkylation sites (N-methyl/N-ethyl adjacent to an activating group) is 1. The molecule has 0 saturated carbocycles. The Bertz CT molecular complexity index is 1340. The summed E-state index contributed by atoms with van der Waals surface area (Å²) < 4.78 is 45.3. The van der Waals surface area contributed by atoms with E-state index < -0.39 is 12.6 Å². The molecule has 0 spiro atoms. The molecule has 0 aliphatic carbocycles. The first-order chi connectivity index (χ1) is 17.1. The van der Waals surface area contributed by atoms with Gasteiger partial charge in [0, 0.05) is 49.8 Å². The number of amides is 1. The van der Waals surface area contributed by atoms with Crippen LogP contribution < -0.4 is 5.56 Å². The molecule has 0 radical (unpaired) electrons. The molecule has 2 fully saturated rings. The summed E-state index contributed by atoms with van der Waals surface area (Å²) in [7, 11) is 1.68. The molecular formula is C25H30F3N5O3. The van der Waals surface area contributed by atoms with E-state index >= 15 is 0 Å². The van der Waals surface area contributed by atoms with Gasteiger partial charge in [-0.15, -0.1) is 0 Å². The number of hydrogen-bond donors (Lipinski definition) is 1. The van der Waals surface area contributed by atoms with Crippen LogP contribution in [0.15, 0.2) is 23.1 Å². The summed E-state index contributed by atoms with van der Waals surface area (Å²) in [6, 6.07) is 3.63. The average Bonchev–Trinajstić information content (AvgIpc) is 3.51. The summed E-state index contributed by atoms with van der Waals surface area (Å²) in [5.74, 6) is -0.155. The number of aryl methyl sites for hydroxylation is 1. The maximum absolute atomic E-state index is 13.5. The molecule has 36 heavy (non-hydrogen) atoms. The van der Waals surface area contributed by atoms with Crippen LogP contribution in [0.4, 0.5) is 13.2 Å². The third-order valence-electron chi connectivity index (χ3n) is 7.50. The lowest BCUT2D eigenvalue weighted by Gasteiger charge is -2.25. The number of carbonyl (C=O) groups excluding carboxylic acids is 1. The monoisotopic (exact) mass is 505 g/mol. The van der Waals surface area contributed by atoms with E-state index in [1.807, 2.05) is 23.7 Å². The first kappa shape index (κ1) is 24.8. The fourth-order valence-corrected chi connectivity index (χ4v) is 5.37. The third-order valence-corrected chi connectivity index (χ3v) is 7.50. The van der Waals surface area contributed by atoms with Crippen molar-refractivity contribution >= 4 is 27.7 Å². The van der Waals surface area contributed by atoms with Gasteiger partial charge in [0.05, 0.1) is 35.1 Å². The standard InChI is InChI=1S/C25H30F3N5O3/c1-15-11-21-19(22-20(23(34)30-21)13-29-33(22)16-4-9-36-10-5-16)12-18(15)24(35)32-7-3-17(14-32)31(2)8-6-25(26,27)28/h11-13,16-17H,3-10,14H2,1-2H3,(H,30,34)/t17-/m1/s1. The molecule has 1 amide bonds. The molecule has 0 unspecified atom stereocenters. The number of hydrogen-bond acceptors (Lipinski definition) is 5. The van der Waals surface area contributed by atoms with Gasteiger partial charge >= 0.3 is 6.18 Å². The molecule has 1 aromatic carbocycles. The van der Waals surface area contributed by atoms with Crippen molar-refractivity contribution in [2.45, 2.75) is 50.9 Å². The van der Waals surface area contributed by atoms with Gasteiger partial charge < -0.3 is 19.5 Å². The predicted octanol–water partition coefficient (Wildman–Crippen LogP) is 3.64. The highest BCUT2D eigenvalue weighted by molar-refractivity contribution is 6.07. The molecule has 11 heteroatoms. The Labute approximate surface area is 206 Å². The molecule has 1 N–H and O–H groups in total. The summed E-state index contributed by atoms with van der Waals surface area (Å²) in [5, 5.41) is 5.75. The van der Waals surface area contributed by atoms with E-state index in [0.29, 0.717) is 54.7 Å². The largest absolute Gasteiger partial charge is 0.390 e. The highest BCUT2D eigenvalue weighted by atomic mass is 19.4. The van der Waals surface area contributed by atoms with Crippen molar-refractivity contribution in [3.8, 4) is 0 Å². The topological polar surface area (TPSA) is 83.5 Å². The van der Waals surface area contributed by atoms with Crippen LogP contribution in [0.2, 0.25) is 0 Å². The molecule has 0 bridgehead atoms. The second kappa shape index (κ2) is 9.51. The zero-order chi connectivity index (χ0) is 25.6. The number of nitrogens with one attached hydrogen (secondary N) is 1. The van der Waals surface area contributed by atoms with Crippen molar-refractivity contribution in [3.63, 3.8) is 0 Å². The smallest absolute Gasteiger partial charge is 0.381 e. The van der Waals surface area contributed by atoms with Gasteiger partial charge in [0.15, 0.2) is 0 Å². The van der Waals surface area contributed by atoms with Gasteiger partial charge in [-0.2, -0.15) is 18.3 Å². The minimum atomic E-state index is -4.20. The van der Waals surface area contributed by atoms with Crippen LogP contribution in [0.5, 0.6) is 0 Å². The van der Waals surface area contributed by atoms with Crippen molar-refractivity contribution in [3.05, 3.63) is 39.8 Å². The van der Waals surface area contributed by atoms with Gasteiger partial charge in [-0.05, 0) is 50.9 Å². The third kappa shape index (κ3) is 4.73. The summed E-state index contributed by atoms with van der Waals surface area (Å²) in [4.78, 5) is 32.6. The number of carbonyl (C=O) groups is 1. The Morgan fingerprint density at radius 1 is 1.22 bits per heavy atom. The summed E-state index contributed by atoms with van der Waals surface area (Å²) in [5.41, 5.74) is 2.38. The summed E-state index contributed by atoms with van der Waals surface area (Å²) in [6.07, 6.45) is -1.28. The fourth-order valence-electron chi connectivity index (χ4n) is 5.37. The second-order valence-corrected chi connectivity index (χ2v) is 9.90. The Morgan fingerprint density at radius 2 is 1.97 bits per heavy atom. The molecular weight excluding hydrogens is 475 g/mol. The Kier molecular flexibility index (Phi) is 6.54. The van der Waals surface area contributed by atoms with E-state index in [4.69, 9.17) is 4.74 Å². The highest BCUT2D eigenvalue weighted by Gasteiger charge is 2.33. The Morgan fingerprint density at radius 3 is 2.69 bits per heavy atom. The normalized spacial score (nSPS) is 19.7. The van der Waals surface area contributed by atoms with Crippen LogP contribution in [-0.4, -0.2) is 82.6 Å². The number of alkyl halides is 3. The van der Waals surface area contributed by atoms with Crippen molar-refractivity contribution in [1.82, 2.24) is 24.6 Å². The molecule has 2 aromatic heterocycles. The lowest BCUT2D eigenvalue weighted by molar-refractivity contribution is -0.138. The van der Waals surface area contributed by atoms with Crippen molar-refractivity contribution < 1.29 is 22.7 Å². The van der Waals surface area contributed by atoms with Crippen molar-refractivity contribution in [1.29, 1.82) is 0 Å². The molecule has 2 saturated heterocycles. The zero-order valence-electron chi connectivity index (χ0n) is 20.4. The molecule has 194 valence electrons. The van der Waals surface area contributed by atoms with Crippen molar-refractivity contribution in [2.75, 3.05) is 39.9 Å². The maximum Gasteiger partial charge on any atom is 0.390 e. The number of pyridine rings is 1. The van der Waals surface area contributed by atoms with Crippen LogP contribution in [0.25, 0.3) is 21.8 Å². The molecule has 2 aliphatic rings. The predicted molar refractivity (Wildman–Crippen MR) is 129 cm³/mol. The number of H-pyrrole nitrogens is 1. The van der Waals surface area contributed by atoms with Crippen LogP contribution in [0.1, 0.15) is 47.6 Å². The van der Waals surface area contributed by atoms with Crippen LogP contribution >= 0.6 is 0 Å². The minimum Gasteiger partial charge on any atom is -0.381 e. The molecule has 2 aliphatic heterocycles. The van der Waals surface area contributed by atoms with Crippen molar-refractivity contribution in [2.24, 2.45) is 0 Å². The number of nitrogens with zero attached hydrogens (tertiary/aromatic N) is 4. The van der Waals surface area contributed by atoms with Crippen LogP contribution in [0.3, 0.4) is 0 Å². The van der Waals surface area contributed by atoms with Gasteiger partial charge in [0.2, 0.25) is 0 Å². The molecule has 8 nitrogen and oxygen atoms in total. The number of benzene rings is 1. The molecule has 3 aromatic rings. The van der Waals surface area contributed by atoms with Crippen LogP contribution in [0, 0.1) is 6.92 Å².